The first-order valence-electron chi connectivity index (χ1n) is 11.0. The molecule has 2 amide bonds. The predicted molar refractivity (Wildman–Crippen MR) is 126 cm³/mol. The van der Waals surface area contributed by atoms with E-state index in [1.165, 1.54) is 6.42 Å². The van der Waals surface area contributed by atoms with Crippen LogP contribution in [-0.2, 0) is 16.1 Å². The maximum Gasteiger partial charge on any atom is 0.261 e. The molecule has 0 saturated heterocycles. The van der Waals surface area contributed by atoms with E-state index in [2.05, 4.69) is 21.2 Å². The van der Waals surface area contributed by atoms with Crippen molar-refractivity contribution in [2.24, 2.45) is 0 Å². The highest BCUT2D eigenvalue weighted by molar-refractivity contribution is 9.10. The zero-order chi connectivity index (χ0) is 22.2. The highest BCUT2D eigenvalue weighted by atomic mass is 79.9. The molecule has 0 aliphatic heterocycles. The highest BCUT2D eigenvalue weighted by Gasteiger charge is 2.28. The topological polar surface area (TPSA) is 58.6 Å². The van der Waals surface area contributed by atoms with Gasteiger partial charge in [-0.3, -0.25) is 9.59 Å². The fraction of sp³-hybridized carbons (Fsp3) is 0.440. The molecule has 6 heteroatoms. The Bertz CT molecular complexity index is 879. The fourth-order valence-electron chi connectivity index (χ4n) is 3.87. The van der Waals surface area contributed by atoms with Crippen molar-refractivity contribution < 1.29 is 14.3 Å². The molecule has 0 radical (unpaired) electrons. The molecule has 1 atom stereocenters. The number of halogens is 1. The standard InChI is InChI=1S/C25H31BrN2O3/c1-18-7-6-10-23(15-18)31-17-24(29)28(16-20-11-13-21(26)14-12-20)19(2)25(30)27-22-8-4-3-5-9-22/h6-7,10-15,19,22H,3-5,8-9,16-17H2,1-2H3,(H,27,30). The first kappa shape index (κ1) is 23.3. The van der Waals surface area contributed by atoms with Crippen LogP contribution in [0.25, 0.3) is 0 Å². The molecule has 31 heavy (non-hydrogen) atoms. The van der Waals surface area contributed by atoms with Gasteiger partial charge in [0.2, 0.25) is 5.91 Å². The van der Waals surface area contributed by atoms with Crippen molar-refractivity contribution in [2.75, 3.05) is 6.61 Å². The second-order valence-corrected chi connectivity index (χ2v) is 9.19. The largest absolute Gasteiger partial charge is 0.484 e. The fourth-order valence-corrected chi connectivity index (χ4v) is 4.14. The minimum Gasteiger partial charge on any atom is -0.484 e. The molecular formula is C25H31BrN2O3. The van der Waals surface area contributed by atoms with Gasteiger partial charge in [-0.25, -0.2) is 0 Å². The summed E-state index contributed by atoms with van der Waals surface area (Å²) in [6.45, 7) is 4.01. The monoisotopic (exact) mass is 486 g/mol. The summed E-state index contributed by atoms with van der Waals surface area (Å²) in [5, 5.41) is 3.15. The van der Waals surface area contributed by atoms with Crippen LogP contribution in [0.5, 0.6) is 5.75 Å². The van der Waals surface area contributed by atoms with Crippen LogP contribution in [0.1, 0.15) is 50.2 Å². The number of nitrogens with zero attached hydrogens (tertiary/aromatic N) is 1. The Balaban J connectivity index is 1.70. The van der Waals surface area contributed by atoms with E-state index in [9.17, 15) is 9.59 Å². The first-order valence-corrected chi connectivity index (χ1v) is 11.8. The number of carbonyl (C=O) groups excluding carboxylic acids is 2. The number of nitrogens with one attached hydrogen (secondary N) is 1. The summed E-state index contributed by atoms with van der Waals surface area (Å²) in [6.07, 6.45) is 5.54. The van der Waals surface area contributed by atoms with Gasteiger partial charge in [-0.2, -0.15) is 0 Å². The zero-order valence-corrected chi connectivity index (χ0v) is 19.9. The van der Waals surface area contributed by atoms with Gasteiger partial charge in [0.15, 0.2) is 6.61 Å². The van der Waals surface area contributed by atoms with Crippen molar-refractivity contribution in [3.8, 4) is 5.75 Å². The highest BCUT2D eigenvalue weighted by Crippen LogP contribution is 2.19. The molecule has 0 aromatic heterocycles. The molecule has 1 unspecified atom stereocenters. The molecule has 0 heterocycles. The number of hydrogen-bond donors (Lipinski definition) is 1. The van der Waals surface area contributed by atoms with Crippen molar-refractivity contribution in [3.05, 3.63) is 64.1 Å². The molecular weight excluding hydrogens is 456 g/mol. The third-order valence-electron chi connectivity index (χ3n) is 5.74. The number of aryl methyl sites for hydroxylation is 1. The number of ether oxygens (including phenoxy) is 1. The molecule has 5 nitrogen and oxygen atoms in total. The molecule has 166 valence electrons. The zero-order valence-electron chi connectivity index (χ0n) is 18.3. The Hall–Kier alpha value is -2.34. The molecule has 3 rings (SSSR count). The number of rotatable bonds is 8. The van der Waals surface area contributed by atoms with Crippen LogP contribution in [0, 0.1) is 6.92 Å². The van der Waals surface area contributed by atoms with E-state index >= 15 is 0 Å². The molecule has 1 N–H and O–H groups in total. The van der Waals surface area contributed by atoms with E-state index in [-0.39, 0.29) is 24.5 Å². The van der Waals surface area contributed by atoms with Crippen LogP contribution in [0.3, 0.4) is 0 Å². The van der Waals surface area contributed by atoms with Gasteiger partial charge in [0.25, 0.3) is 5.91 Å². The third-order valence-corrected chi connectivity index (χ3v) is 6.27. The molecule has 0 spiro atoms. The Morgan fingerprint density at radius 2 is 1.84 bits per heavy atom. The molecule has 1 aliphatic rings. The number of amides is 2. The average molecular weight is 487 g/mol. The summed E-state index contributed by atoms with van der Waals surface area (Å²) in [4.78, 5) is 27.7. The molecule has 1 aliphatic carbocycles. The minimum absolute atomic E-state index is 0.104. The van der Waals surface area contributed by atoms with E-state index in [0.717, 1.165) is 41.3 Å². The van der Waals surface area contributed by atoms with E-state index in [1.54, 1.807) is 11.8 Å². The maximum atomic E-state index is 13.1. The number of benzene rings is 2. The smallest absolute Gasteiger partial charge is 0.261 e. The summed E-state index contributed by atoms with van der Waals surface area (Å²) >= 11 is 3.44. The lowest BCUT2D eigenvalue weighted by molar-refractivity contribution is -0.142. The van der Waals surface area contributed by atoms with Gasteiger partial charge in [-0.1, -0.05) is 59.5 Å². The van der Waals surface area contributed by atoms with Gasteiger partial charge in [0, 0.05) is 17.1 Å². The molecule has 2 aromatic carbocycles. The Kier molecular flexibility index (Phi) is 8.52. The van der Waals surface area contributed by atoms with E-state index in [4.69, 9.17) is 4.74 Å². The van der Waals surface area contributed by atoms with Gasteiger partial charge < -0.3 is 15.0 Å². The molecule has 2 aromatic rings. The molecule has 1 fully saturated rings. The Morgan fingerprint density at radius 3 is 2.52 bits per heavy atom. The van der Waals surface area contributed by atoms with Gasteiger partial charge in [0.05, 0.1) is 0 Å². The van der Waals surface area contributed by atoms with Crippen LogP contribution >= 0.6 is 15.9 Å². The van der Waals surface area contributed by atoms with Crippen molar-refractivity contribution in [3.63, 3.8) is 0 Å². The Labute approximate surface area is 193 Å². The number of hydrogen-bond acceptors (Lipinski definition) is 3. The van der Waals surface area contributed by atoms with Gasteiger partial charge >= 0.3 is 0 Å². The summed E-state index contributed by atoms with van der Waals surface area (Å²) in [5.74, 6) is 0.333. The van der Waals surface area contributed by atoms with Crippen LogP contribution < -0.4 is 10.1 Å². The summed E-state index contributed by atoms with van der Waals surface area (Å²) < 4.78 is 6.71. The lowest BCUT2D eigenvalue weighted by Gasteiger charge is -2.31. The van der Waals surface area contributed by atoms with Crippen molar-refractivity contribution in [1.82, 2.24) is 10.2 Å². The molecule has 0 bridgehead atoms. The summed E-state index contributed by atoms with van der Waals surface area (Å²) in [6, 6.07) is 15.0. The number of carbonyl (C=O) groups is 2. The summed E-state index contributed by atoms with van der Waals surface area (Å²) in [7, 11) is 0. The van der Waals surface area contributed by atoms with Crippen molar-refractivity contribution >= 4 is 27.7 Å². The Morgan fingerprint density at radius 1 is 1.13 bits per heavy atom. The van der Waals surface area contributed by atoms with Gasteiger partial charge in [-0.15, -0.1) is 0 Å². The lowest BCUT2D eigenvalue weighted by atomic mass is 9.95. The van der Waals surface area contributed by atoms with E-state index < -0.39 is 6.04 Å². The predicted octanol–water partition coefficient (Wildman–Crippen LogP) is 5.00. The van der Waals surface area contributed by atoms with Crippen molar-refractivity contribution in [2.45, 2.75) is 64.6 Å². The van der Waals surface area contributed by atoms with Gasteiger partial charge in [-0.05, 0) is 62.1 Å². The van der Waals surface area contributed by atoms with Gasteiger partial charge in [0.1, 0.15) is 11.8 Å². The average Bonchev–Trinajstić information content (AvgIpc) is 2.77. The van der Waals surface area contributed by atoms with E-state index in [1.807, 2.05) is 55.5 Å². The lowest BCUT2D eigenvalue weighted by Crippen LogP contribution is -2.51. The first-order chi connectivity index (χ1) is 14.9. The normalized spacial score (nSPS) is 15.2. The third kappa shape index (κ3) is 7.10. The minimum atomic E-state index is -0.584. The van der Waals surface area contributed by atoms with Crippen LogP contribution in [0.15, 0.2) is 53.0 Å². The maximum absolute atomic E-state index is 13.1. The quantitative estimate of drug-likeness (QED) is 0.570. The summed E-state index contributed by atoms with van der Waals surface area (Å²) in [5.41, 5.74) is 2.03. The van der Waals surface area contributed by atoms with Crippen LogP contribution in [-0.4, -0.2) is 35.4 Å². The molecule has 1 saturated carbocycles. The second kappa shape index (κ2) is 11.3. The van der Waals surface area contributed by atoms with Crippen molar-refractivity contribution in [1.29, 1.82) is 0 Å². The van der Waals surface area contributed by atoms with Crippen LogP contribution in [0.2, 0.25) is 0 Å². The van der Waals surface area contributed by atoms with Crippen LogP contribution in [0.4, 0.5) is 0 Å². The van der Waals surface area contributed by atoms with E-state index in [0.29, 0.717) is 12.3 Å². The second-order valence-electron chi connectivity index (χ2n) is 8.27. The SMILES string of the molecule is Cc1cccc(OCC(=O)N(Cc2ccc(Br)cc2)C(C)C(=O)NC2CCCCC2)c1.